The van der Waals surface area contributed by atoms with Gasteiger partial charge in [0.2, 0.25) is 0 Å². The number of nitrogens with two attached hydrogens (primary N) is 1. The Balaban J connectivity index is 2.27. The summed E-state index contributed by atoms with van der Waals surface area (Å²) in [5.41, 5.74) is 5.75. The van der Waals surface area contributed by atoms with Gasteiger partial charge in [0.15, 0.2) is 0 Å². The molecule has 2 heteroatoms. The Morgan fingerprint density at radius 3 is 2.31 bits per heavy atom. The molecule has 78 valence electrons. The number of hydrogen-bond donors (Lipinski definition) is 1. The molecule has 1 saturated carbocycles. The zero-order valence-electron chi connectivity index (χ0n) is 9.29. The summed E-state index contributed by atoms with van der Waals surface area (Å²) in [6.45, 7) is 6.55. The van der Waals surface area contributed by atoms with Crippen LogP contribution in [0.2, 0.25) is 0 Å². The summed E-state index contributed by atoms with van der Waals surface area (Å²) in [6, 6.07) is 0.854. The lowest BCUT2D eigenvalue weighted by Gasteiger charge is -2.37. The Bertz CT molecular complexity index is 141. The van der Waals surface area contributed by atoms with E-state index in [1.807, 2.05) is 0 Å². The highest BCUT2D eigenvalue weighted by Crippen LogP contribution is 2.25. The van der Waals surface area contributed by atoms with Gasteiger partial charge in [-0.15, -0.1) is 0 Å². The van der Waals surface area contributed by atoms with Crippen LogP contribution in [0.5, 0.6) is 0 Å². The van der Waals surface area contributed by atoms with Crippen LogP contribution in [0.25, 0.3) is 0 Å². The molecule has 0 bridgehead atoms. The highest BCUT2D eigenvalue weighted by atomic mass is 15.1. The van der Waals surface area contributed by atoms with Gasteiger partial charge in [0.25, 0.3) is 0 Å². The monoisotopic (exact) mass is 184 g/mol. The molecule has 0 saturated heterocycles. The molecule has 13 heavy (non-hydrogen) atoms. The molecule has 0 heterocycles. The third kappa shape index (κ3) is 2.96. The Morgan fingerprint density at radius 1 is 1.38 bits per heavy atom. The van der Waals surface area contributed by atoms with Gasteiger partial charge in [-0.2, -0.15) is 0 Å². The molecule has 0 radical (unpaired) electrons. The Kier molecular flexibility index (Phi) is 4.20. The quantitative estimate of drug-likeness (QED) is 0.704. The van der Waals surface area contributed by atoms with Crippen molar-refractivity contribution >= 4 is 0 Å². The lowest BCUT2D eigenvalue weighted by Crippen LogP contribution is -2.42. The van der Waals surface area contributed by atoms with Crippen molar-refractivity contribution in [2.45, 2.75) is 39.2 Å². The van der Waals surface area contributed by atoms with Crippen LogP contribution in [0.15, 0.2) is 0 Å². The van der Waals surface area contributed by atoms with Gasteiger partial charge in [-0.25, -0.2) is 0 Å². The fourth-order valence-corrected chi connectivity index (χ4v) is 1.90. The minimum atomic E-state index is 0.672. The number of rotatable bonds is 5. The van der Waals surface area contributed by atoms with Crippen LogP contribution >= 0.6 is 0 Å². The van der Waals surface area contributed by atoms with E-state index in [9.17, 15) is 0 Å². The molecule has 0 amide bonds. The first-order valence-electron chi connectivity index (χ1n) is 5.55. The van der Waals surface area contributed by atoms with Crippen molar-refractivity contribution in [1.82, 2.24) is 4.90 Å². The molecule has 0 spiro atoms. The fraction of sp³-hybridized carbons (Fsp3) is 1.00. The molecular formula is C11H24N2. The fourth-order valence-electron chi connectivity index (χ4n) is 1.90. The summed E-state index contributed by atoms with van der Waals surface area (Å²) in [5, 5.41) is 0. The SMILES string of the molecule is CC(C)C(CN)CN(C)C1CCC1. The third-order valence-electron chi connectivity index (χ3n) is 3.47. The van der Waals surface area contributed by atoms with E-state index in [-0.39, 0.29) is 0 Å². The third-order valence-corrected chi connectivity index (χ3v) is 3.47. The van der Waals surface area contributed by atoms with E-state index in [2.05, 4.69) is 25.8 Å². The summed E-state index contributed by atoms with van der Waals surface area (Å²) in [6.07, 6.45) is 4.21. The molecule has 1 unspecified atom stereocenters. The van der Waals surface area contributed by atoms with Gasteiger partial charge in [0.05, 0.1) is 0 Å². The van der Waals surface area contributed by atoms with E-state index in [0.29, 0.717) is 11.8 Å². The molecule has 2 nitrogen and oxygen atoms in total. The predicted octanol–water partition coefficient (Wildman–Crippen LogP) is 1.70. The van der Waals surface area contributed by atoms with Crippen LogP contribution in [0, 0.1) is 11.8 Å². The Labute approximate surface area is 82.5 Å². The van der Waals surface area contributed by atoms with Crippen molar-refractivity contribution in [1.29, 1.82) is 0 Å². The van der Waals surface area contributed by atoms with E-state index < -0.39 is 0 Å². The van der Waals surface area contributed by atoms with Crippen LogP contribution in [0.1, 0.15) is 33.1 Å². The average molecular weight is 184 g/mol. The lowest BCUT2D eigenvalue weighted by molar-refractivity contribution is 0.127. The van der Waals surface area contributed by atoms with Crippen molar-refractivity contribution in [3.63, 3.8) is 0 Å². The first kappa shape index (κ1) is 11.0. The van der Waals surface area contributed by atoms with Crippen LogP contribution in [-0.4, -0.2) is 31.1 Å². The van der Waals surface area contributed by atoms with Gasteiger partial charge < -0.3 is 10.6 Å². The van der Waals surface area contributed by atoms with Crippen molar-refractivity contribution in [2.75, 3.05) is 20.1 Å². The summed E-state index contributed by atoms with van der Waals surface area (Å²) < 4.78 is 0. The molecule has 0 aliphatic heterocycles. The molecule has 2 N–H and O–H groups in total. The highest BCUT2D eigenvalue weighted by molar-refractivity contribution is 4.80. The Hall–Kier alpha value is -0.0800. The van der Waals surface area contributed by atoms with Crippen molar-refractivity contribution in [3.8, 4) is 0 Å². The maximum atomic E-state index is 5.75. The molecule has 1 atom stereocenters. The van der Waals surface area contributed by atoms with Crippen LogP contribution < -0.4 is 5.73 Å². The van der Waals surface area contributed by atoms with E-state index in [1.165, 1.54) is 25.8 Å². The normalized spacial score (nSPS) is 20.8. The molecule has 1 aliphatic rings. The van der Waals surface area contributed by atoms with E-state index in [0.717, 1.165) is 12.6 Å². The van der Waals surface area contributed by atoms with Gasteiger partial charge in [0.1, 0.15) is 0 Å². The summed E-state index contributed by atoms with van der Waals surface area (Å²) in [4.78, 5) is 2.50. The second kappa shape index (κ2) is 4.97. The minimum absolute atomic E-state index is 0.672. The van der Waals surface area contributed by atoms with Gasteiger partial charge in [-0.05, 0) is 38.3 Å². The number of hydrogen-bond acceptors (Lipinski definition) is 2. The van der Waals surface area contributed by atoms with Crippen molar-refractivity contribution in [2.24, 2.45) is 17.6 Å². The zero-order chi connectivity index (χ0) is 9.84. The number of nitrogens with zero attached hydrogens (tertiary/aromatic N) is 1. The second-order valence-electron chi connectivity index (χ2n) is 4.76. The maximum absolute atomic E-state index is 5.75. The van der Waals surface area contributed by atoms with Crippen molar-refractivity contribution < 1.29 is 0 Å². The van der Waals surface area contributed by atoms with E-state index in [4.69, 9.17) is 5.73 Å². The first-order chi connectivity index (χ1) is 6.15. The van der Waals surface area contributed by atoms with E-state index >= 15 is 0 Å². The minimum Gasteiger partial charge on any atom is -0.330 e. The predicted molar refractivity (Wildman–Crippen MR) is 57.7 cm³/mol. The van der Waals surface area contributed by atoms with Gasteiger partial charge in [0, 0.05) is 12.6 Å². The van der Waals surface area contributed by atoms with Gasteiger partial charge >= 0.3 is 0 Å². The summed E-state index contributed by atoms with van der Waals surface area (Å²) in [5.74, 6) is 1.39. The second-order valence-corrected chi connectivity index (χ2v) is 4.76. The van der Waals surface area contributed by atoms with Crippen LogP contribution in [0.4, 0.5) is 0 Å². The summed E-state index contributed by atoms with van der Waals surface area (Å²) in [7, 11) is 2.24. The largest absolute Gasteiger partial charge is 0.330 e. The summed E-state index contributed by atoms with van der Waals surface area (Å²) >= 11 is 0. The average Bonchev–Trinajstić information content (AvgIpc) is 1.96. The molecule has 1 rings (SSSR count). The lowest BCUT2D eigenvalue weighted by atomic mass is 9.89. The molecule has 1 fully saturated rings. The van der Waals surface area contributed by atoms with Gasteiger partial charge in [-0.3, -0.25) is 0 Å². The molecular weight excluding hydrogens is 160 g/mol. The molecule has 0 aromatic carbocycles. The van der Waals surface area contributed by atoms with Crippen LogP contribution in [-0.2, 0) is 0 Å². The molecule has 1 aliphatic carbocycles. The van der Waals surface area contributed by atoms with Gasteiger partial charge in [-0.1, -0.05) is 20.3 Å². The maximum Gasteiger partial charge on any atom is 0.00923 e. The standard InChI is InChI=1S/C11H24N2/c1-9(2)10(7-12)8-13(3)11-5-4-6-11/h9-11H,4-8,12H2,1-3H3. The Morgan fingerprint density at radius 2 is 2.00 bits per heavy atom. The highest BCUT2D eigenvalue weighted by Gasteiger charge is 2.24. The van der Waals surface area contributed by atoms with Crippen LogP contribution in [0.3, 0.4) is 0 Å². The molecule has 0 aromatic heterocycles. The zero-order valence-corrected chi connectivity index (χ0v) is 9.29. The van der Waals surface area contributed by atoms with Crippen molar-refractivity contribution in [3.05, 3.63) is 0 Å². The first-order valence-corrected chi connectivity index (χ1v) is 5.55. The molecule has 0 aromatic rings. The topological polar surface area (TPSA) is 29.3 Å². The van der Waals surface area contributed by atoms with E-state index in [1.54, 1.807) is 0 Å². The smallest absolute Gasteiger partial charge is 0.00923 e.